The van der Waals surface area contributed by atoms with Gasteiger partial charge in [-0.25, -0.2) is 0 Å². The van der Waals surface area contributed by atoms with Crippen LogP contribution >= 0.6 is 15.9 Å². The highest BCUT2D eigenvalue weighted by Gasteiger charge is 2.11. The number of aromatic amines is 1. The molecule has 0 bridgehead atoms. The van der Waals surface area contributed by atoms with Gasteiger partial charge in [0.2, 0.25) is 0 Å². The van der Waals surface area contributed by atoms with E-state index in [-0.39, 0.29) is 0 Å². The quantitative estimate of drug-likeness (QED) is 0.799. The third-order valence-electron chi connectivity index (χ3n) is 2.43. The Morgan fingerprint density at radius 1 is 1.53 bits per heavy atom. The molecule has 0 radical (unpaired) electrons. The molecule has 1 aromatic carbocycles. The number of aliphatic hydroxyl groups is 1. The molecule has 0 aliphatic rings. The number of fused-ring (bicyclic) bond motifs is 1. The van der Waals surface area contributed by atoms with E-state index in [1.54, 1.807) is 0 Å². The van der Waals surface area contributed by atoms with E-state index < -0.39 is 6.10 Å². The van der Waals surface area contributed by atoms with Gasteiger partial charge >= 0.3 is 0 Å². The second kappa shape index (κ2) is 4.35. The van der Waals surface area contributed by atoms with Crippen LogP contribution in [0.15, 0.2) is 28.9 Å². The topological polar surface area (TPSA) is 48.0 Å². The molecule has 0 fully saturated rings. The average Bonchev–Trinajstić information content (AvgIpc) is 2.60. The summed E-state index contributed by atoms with van der Waals surface area (Å²) in [5, 5.41) is 13.9. The summed E-state index contributed by atoms with van der Waals surface area (Å²) in [5.74, 6) is 0. The lowest BCUT2D eigenvalue weighted by molar-refractivity contribution is 0.179. The van der Waals surface area contributed by atoms with Crippen molar-refractivity contribution in [3.63, 3.8) is 0 Å². The van der Waals surface area contributed by atoms with E-state index in [0.29, 0.717) is 6.54 Å². The van der Waals surface area contributed by atoms with Gasteiger partial charge in [-0.05, 0) is 25.2 Å². The lowest BCUT2D eigenvalue weighted by Crippen LogP contribution is -2.16. The van der Waals surface area contributed by atoms with Crippen LogP contribution < -0.4 is 5.32 Å². The number of halogens is 1. The van der Waals surface area contributed by atoms with Crippen LogP contribution in [0.2, 0.25) is 0 Å². The van der Waals surface area contributed by atoms with Gasteiger partial charge in [-0.15, -0.1) is 0 Å². The minimum atomic E-state index is -0.474. The molecule has 0 saturated heterocycles. The SMILES string of the molecule is CNCC(O)c1c[nH]c2ccc(Br)cc12. The summed E-state index contributed by atoms with van der Waals surface area (Å²) in [7, 11) is 1.83. The summed E-state index contributed by atoms with van der Waals surface area (Å²) in [4.78, 5) is 3.15. The first-order valence-electron chi connectivity index (χ1n) is 4.81. The molecule has 1 heterocycles. The Labute approximate surface area is 96.6 Å². The zero-order valence-corrected chi connectivity index (χ0v) is 10.0. The van der Waals surface area contributed by atoms with Gasteiger partial charge in [0, 0.05) is 33.7 Å². The number of aromatic nitrogens is 1. The molecule has 1 atom stereocenters. The number of hydrogen-bond donors (Lipinski definition) is 3. The van der Waals surface area contributed by atoms with Crippen molar-refractivity contribution in [2.24, 2.45) is 0 Å². The van der Waals surface area contributed by atoms with Crippen LogP contribution in [0.1, 0.15) is 11.7 Å². The second-order valence-corrected chi connectivity index (χ2v) is 4.42. The first-order valence-corrected chi connectivity index (χ1v) is 5.61. The number of H-pyrrole nitrogens is 1. The van der Waals surface area contributed by atoms with Crippen molar-refractivity contribution >= 4 is 26.8 Å². The highest BCUT2D eigenvalue weighted by Crippen LogP contribution is 2.26. The average molecular weight is 269 g/mol. The first-order chi connectivity index (χ1) is 7.22. The Morgan fingerprint density at radius 3 is 3.07 bits per heavy atom. The molecule has 80 valence electrons. The molecule has 3 nitrogen and oxygen atoms in total. The van der Waals surface area contributed by atoms with E-state index >= 15 is 0 Å². The normalized spacial score (nSPS) is 13.3. The fraction of sp³-hybridized carbons (Fsp3) is 0.273. The van der Waals surface area contributed by atoms with Crippen LogP contribution in [-0.2, 0) is 0 Å². The highest BCUT2D eigenvalue weighted by atomic mass is 79.9. The van der Waals surface area contributed by atoms with Crippen molar-refractivity contribution in [2.45, 2.75) is 6.10 Å². The molecule has 1 aromatic heterocycles. The maximum absolute atomic E-state index is 9.90. The zero-order valence-electron chi connectivity index (χ0n) is 8.42. The predicted octanol–water partition coefficient (Wildman–Crippen LogP) is 2.18. The molecule has 2 rings (SSSR count). The number of hydrogen-bond acceptors (Lipinski definition) is 2. The maximum Gasteiger partial charge on any atom is 0.0934 e. The Kier molecular flexibility index (Phi) is 3.09. The van der Waals surface area contributed by atoms with Gasteiger partial charge in [-0.3, -0.25) is 0 Å². The monoisotopic (exact) mass is 268 g/mol. The lowest BCUT2D eigenvalue weighted by atomic mass is 10.1. The first kappa shape index (κ1) is 10.7. The molecule has 15 heavy (non-hydrogen) atoms. The van der Waals surface area contributed by atoms with Gasteiger partial charge in [0.1, 0.15) is 0 Å². The number of likely N-dealkylation sites (N-methyl/N-ethyl adjacent to an activating group) is 1. The van der Waals surface area contributed by atoms with Crippen LogP contribution in [-0.4, -0.2) is 23.7 Å². The van der Waals surface area contributed by atoms with Crippen molar-refractivity contribution in [3.8, 4) is 0 Å². The molecule has 2 aromatic rings. The van der Waals surface area contributed by atoms with E-state index in [2.05, 4.69) is 26.2 Å². The van der Waals surface area contributed by atoms with E-state index in [1.165, 1.54) is 0 Å². The third-order valence-corrected chi connectivity index (χ3v) is 2.93. The standard InChI is InChI=1S/C11H13BrN2O/c1-13-6-11(15)9-5-14-10-3-2-7(12)4-8(9)10/h2-5,11,13-15H,6H2,1H3. The summed E-state index contributed by atoms with van der Waals surface area (Å²) >= 11 is 3.43. The van der Waals surface area contributed by atoms with Crippen molar-refractivity contribution in [2.75, 3.05) is 13.6 Å². The van der Waals surface area contributed by atoms with Gasteiger partial charge < -0.3 is 15.4 Å². The van der Waals surface area contributed by atoms with Gasteiger partial charge in [-0.2, -0.15) is 0 Å². The fourth-order valence-corrected chi connectivity index (χ4v) is 2.05. The van der Waals surface area contributed by atoms with E-state index in [0.717, 1.165) is 20.9 Å². The number of aliphatic hydroxyl groups excluding tert-OH is 1. The molecule has 1 unspecified atom stereocenters. The van der Waals surface area contributed by atoms with E-state index in [4.69, 9.17) is 0 Å². The summed E-state index contributed by atoms with van der Waals surface area (Å²) in [5.41, 5.74) is 1.98. The molecule has 0 amide bonds. The van der Waals surface area contributed by atoms with Crippen molar-refractivity contribution in [1.29, 1.82) is 0 Å². The molecular formula is C11H13BrN2O. The van der Waals surface area contributed by atoms with Crippen LogP contribution in [0.4, 0.5) is 0 Å². The number of nitrogens with one attached hydrogen (secondary N) is 2. The summed E-state index contributed by atoms with van der Waals surface area (Å²) < 4.78 is 1.02. The number of rotatable bonds is 3. The van der Waals surface area contributed by atoms with Crippen LogP contribution in [0.3, 0.4) is 0 Å². The summed E-state index contributed by atoms with van der Waals surface area (Å²) in [6.45, 7) is 0.555. The zero-order chi connectivity index (χ0) is 10.8. The molecule has 0 aliphatic heterocycles. The smallest absolute Gasteiger partial charge is 0.0934 e. The maximum atomic E-state index is 9.90. The number of benzene rings is 1. The van der Waals surface area contributed by atoms with Gasteiger partial charge in [-0.1, -0.05) is 15.9 Å². The van der Waals surface area contributed by atoms with Crippen LogP contribution in [0.5, 0.6) is 0 Å². The Hall–Kier alpha value is -0.840. The molecule has 0 spiro atoms. The van der Waals surface area contributed by atoms with E-state index in [1.807, 2.05) is 31.4 Å². The Bertz CT molecular complexity index is 467. The van der Waals surface area contributed by atoms with Gasteiger partial charge in [0.25, 0.3) is 0 Å². The summed E-state index contributed by atoms with van der Waals surface area (Å²) in [6, 6.07) is 5.99. The largest absolute Gasteiger partial charge is 0.387 e. The summed E-state index contributed by atoms with van der Waals surface area (Å²) in [6.07, 6.45) is 1.39. The van der Waals surface area contributed by atoms with Crippen LogP contribution in [0.25, 0.3) is 10.9 Å². The van der Waals surface area contributed by atoms with Crippen molar-refractivity contribution in [3.05, 3.63) is 34.4 Å². The van der Waals surface area contributed by atoms with Gasteiger partial charge in [0.15, 0.2) is 0 Å². The third kappa shape index (κ3) is 2.07. The molecule has 0 saturated carbocycles. The fourth-order valence-electron chi connectivity index (χ4n) is 1.69. The van der Waals surface area contributed by atoms with Crippen LogP contribution in [0, 0.1) is 0 Å². The van der Waals surface area contributed by atoms with Crippen molar-refractivity contribution < 1.29 is 5.11 Å². The van der Waals surface area contributed by atoms with E-state index in [9.17, 15) is 5.11 Å². The Balaban J connectivity index is 2.47. The molecule has 3 N–H and O–H groups in total. The predicted molar refractivity (Wildman–Crippen MR) is 64.9 cm³/mol. The highest BCUT2D eigenvalue weighted by molar-refractivity contribution is 9.10. The minimum absolute atomic E-state index is 0.474. The lowest BCUT2D eigenvalue weighted by Gasteiger charge is -2.08. The van der Waals surface area contributed by atoms with Gasteiger partial charge in [0.05, 0.1) is 6.10 Å². The minimum Gasteiger partial charge on any atom is -0.387 e. The van der Waals surface area contributed by atoms with Crippen molar-refractivity contribution in [1.82, 2.24) is 10.3 Å². The molecule has 0 aliphatic carbocycles. The Morgan fingerprint density at radius 2 is 2.33 bits per heavy atom. The second-order valence-electron chi connectivity index (χ2n) is 3.51. The molecule has 4 heteroatoms. The molecular weight excluding hydrogens is 256 g/mol.